The van der Waals surface area contributed by atoms with Crippen LogP contribution < -0.4 is 15.2 Å². The summed E-state index contributed by atoms with van der Waals surface area (Å²) in [6.07, 6.45) is 4.58. The van der Waals surface area contributed by atoms with Gasteiger partial charge in [-0.2, -0.15) is 5.10 Å². The molecule has 1 aromatic carbocycles. The number of ether oxygens (including phenoxy) is 2. The Morgan fingerprint density at radius 2 is 2.35 bits per heavy atom. The van der Waals surface area contributed by atoms with Gasteiger partial charge in [0.2, 0.25) is 0 Å². The third kappa shape index (κ3) is 2.25. The Hall–Kier alpha value is -2.01. The molecule has 0 amide bonds. The van der Waals surface area contributed by atoms with Crippen molar-refractivity contribution in [2.75, 3.05) is 7.11 Å². The fourth-order valence-corrected chi connectivity index (χ4v) is 2.53. The van der Waals surface area contributed by atoms with Crippen LogP contribution in [0.2, 0.25) is 0 Å². The van der Waals surface area contributed by atoms with Crippen LogP contribution in [0.1, 0.15) is 36.6 Å². The molecule has 2 heterocycles. The second-order valence-corrected chi connectivity index (χ2v) is 4.98. The van der Waals surface area contributed by atoms with Gasteiger partial charge in [-0.15, -0.1) is 0 Å². The first-order chi connectivity index (χ1) is 9.71. The highest BCUT2D eigenvalue weighted by Gasteiger charge is 2.28. The molecule has 5 heteroatoms. The minimum atomic E-state index is -0.0510. The molecular formula is C15H19N3O2. The SMILES string of the molecule is CCn1cc(C2CC(N)c3ccc(OC)cc3O2)cn1. The maximum atomic E-state index is 6.26. The van der Waals surface area contributed by atoms with Gasteiger partial charge in [0.05, 0.1) is 13.3 Å². The Labute approximate surface area is 118 Å². The van der Waals surface area contributed by atoms with Gasteiger partial charge in [0.15, 0.2) is 0 Å². The third-order valence-electron chi connectivity index (χ3n) is 3.71. The topological polar surface area (TPSA) is 62.3 Å². The van der Waals surface area contributed by atoms with Crippen molar-refractivity contribution in [3.05, 3.63) is 41.7 Å². The molecule has 2 atom stereocenters. The maximum absolute atomic E-state index is 6.26. The quantitative estimate of drug-likeness (QED) is 0.933. The van der Waals surface area contributed by atoms with Gasteiger partial charge in [-0.1, -0.05) is 6.07 Å². The van der Waals surface area contributed by atoms with Crippen molar-refractivity contribution in [1.82, 2.24) is 9.78 Å². The highest BCUT2D eigenvalue weighted by Crippen LogP contribution is 2.41. The van der Waals surface area contributed by atoms with E-state index in [-0.39, 0.29) is 12.1 Å². The molecule has 2 unspecified atom stereocenters. The molecule has 1 aliphatic rings. The monoisotopic (exact) mass is 273 g/mol. The average Bonchev–Trinajstić information content (AvgIpc) is 2.95. The standard InChI is InChI=1S/C15H19N3O2/c1-3-18-9-10(8-17-18)14-7-13(16)12-5-4-11(19-2)6-15(12)20-14/h4-6,8-9,13-14H,3,7,16H2,1-2H3. The maximum Gasteiger partial charge on any atom is 0.129 e. The van der Waals surface area contributed by atoms with Crippen LogP contribution >= 0.6 is 0 Å². The largest absolute Gasteiger partial charge is 0.497 e. The van der Waals surface area contributed by atoms with Gasteiger partial charge >= 0.3 is 0 Å². The van der Waals surface area contributed by atoms with Crippen LogP contribution in [0.15, 0.2) is 30.6 Å². The summed E-state index contributed by atoms with van der Waals surface area (Å²) in [4.78, 5) is 0. The summed E-state index contributed by atoms with van der Waals surface area (Å²) in [6.45, 7) is 2.91. The zero-order valence-corrected chi connectivity index (χ0v) is 11.7. The fraction of sp³-hybridized carbons (Fsp3) is 0.400. The molecule has 1 aliphatic heterocycles. The summed E-state index contributed by atoms with van der Waals surface area (Å²) < 4.78 is 13.2. The Balaban J connectivity index is 1.90. The minimum Gasteiger partial charge on any atom is -0.497 e. The van der Waals surface area contributed by atoms with Crippen LogP contribution in [0.5, 0.6) is 11.5 Å². The number of nitrogens with zero attached hydrogens (tertiary/aromatic N) is 2. The molecule has 0 bridgehead atoms. The lowest BCUT2D eigenvalue weighted by Crippen LogP contribution is -2.23. The summed E-state index contributed by atoms with van der Waals surface area (Å²) >= 11 is 0. The predicted octanol–water partition coefficient (Wildman–Crippen LogP) is 2.44. The van der Waals surface area contributed by atoms with Crippen molar-refractivity contribution >= 4 is 0 Å². The van der Waals surface area contributed by atoms with Gasteiger partial charge in [0.1, 0.15) is 17.6 Å². The smallest absolute Gasteiger partial charge is 0.129 e. The van der Waals surface area contributed by atoms with Gasteiger partial charge < -0.3 is 15.2 Å². The van der Waals surface area contributed by atoms with Crippen molar-refractivity contribution in [2.24, 2.45) is 5.73 Å². The van der Waals surface area contributed by atoms with Crippen molar-refractivity contribution < 1.29 is 9.47 Å². The highest BCUT2D eigenvalue weighted by atomic mass is 16.5. The molecule has 1 aromatic heterocycles. The number of hydrogen-bond acceptors (Lipinski definition) is 4. The van der Waals surface area contributed by atoms with E-state index in [1.807, 2.05) is 35.3 Å². The van der Waals surface area contributed by atoms with E-state index in [0.717, 1.165) is 35.6 Å². The number of aromatic nitrogens is 2. The normalized spacial score (nSPS) is 21.1. The molecule has 0 saturated carbocycles. The molecule has 2 aromatic rings. The number of benzene rings is 1. The number of fused-ring (bicyclic) bond motifs is 1. The van der Waals surface area contributed by atoms with Crippen molar-refractivity contribution in [1.29, 1.82) is 0 Å². The lowest BCUT2D eigenvalue weighted by Gasteiger charge is -2.30. The number of methoxy groups -OCH3 is 1. The van der Waals surface area contributed by atoms with Gasteiger partial charge in [-0.3, -0.25) is 4.68 Å². The molecule has 0 saturated heterocycles. The Morgan fingerprint density at radius 3 is 3.05 bits per heavy atom. The summed E-state index contributed by atoms with van der Waals surface area (Å²) in [6, 6.07) is 5.76. The van der Waals surface area contributed by atoms with E-state index >= 15 is 0 Å². The average molecular weight is 273 g/mol. The first-order valence-corrected chi connectivity index (χ1v) is 6.83. The first-order valence-electron chi connectivity index (χ1n) is 6.83. The van der Waals surface area contributed by atoms with Crippen LogP contribution in [0.4, 0.5) is 0 Å². The second-order valence-electron chi connectivity index (χ2n) is 4.98. The van der Waals surface area contributed by atoms with E-state index in [9.17, 15) is 0 Å². The summed E-state index contributed by atoms with van der Waals surface area (Å²) in [5.74, 6) is 1.58. The van der Waals surface area contributed by atoms with E-state index in [1.165, 1.54) is 0 Å². The summed E-state index contributed by atoms with van der Waals surface area (Å²) in [5, 5.41) is 4.30. The van der Waals surface area contributed by atoms with Gasteiger partial charge in [0.25, 0.3) is 0 Å². The molecule has 20 heavy (non-hydrogen) atoms. The summed E-state index contributed by atoms with van der Waals surface area (Å²) in [5.41, 5.74) is 8.35. The third-order valence-corrected chi connectivity index (χ3v) is 3.71. The van der Waals surface area contributed by atoms with Crippen LogP contribution in [0.25, 0.3) is 0 Å². The number of rotatable bonds is 3. The Bertz CT molecular complexity index is 609. The van der Waals surface area contributed by atoms with Gasteiger partial charge in [0, 0.05) is 42.4 Å². The van der Waals surface area contributed by atoms with Crippen LogP contribution in [0, 0.1) is 0 Å². The van der Waals surface area contributed by atoms with E-state index in [4.69, 9.17) is 15.2 Å². The minimum absolute atomic E-state index is 0.0281. The van der Waals surface area contributed by atoms with Crippen molar-refractivity contribution in [2.45, 2.75) is 32.0 Å². The molecule has 5 nitrogen and oxygen atoms in total. The molecule has 0 spiro atoms. The van der Waals surface area contributed by atoms with E-state index in [2.05, 4.69) is 12.0 Å². The Kier molecular flexibility index (Phi) is 3.36. The first kappa shape index (κ1) is 13.0. The van der Waals surface area contributed by atoms with Crippen LogP contribution in [-0.2, 0) is 6.54 Å². The van der Waals surface area contributed by atoms with E-state index < -0.39 is 0 Å². The molecule has 0 aliphatic carbocycles. The molecule has 3 rings (SSSR count). The van der Waals surface area contributed by atoms with Crippen LogP contribution in [-0.4, -0.2) is 16.9 Å². The van der Waals surface area contributed by atoms with E-state index in [1.54, 1.807) is 7.11 Å². The fourth-order valence-electron chi connectivity index (χ4n) is 2.53. The van der Waals surface area contributed by atoms with Crippen molar-refractivity contribution in [3.8, 4) is 11.5 Å². The molecule has 0 radical (unpaired) electrons. The lowest BCUT2D eigenvalue weighted by molar-refractivity contribution is 0.160. The summed E-state index contributed by atoms with van der Waals surface area (Å²) in [7, 11) is 1.65. The van der Waals surface area contributed by atoms with Gasteiger partial charge in [-0.25, -0.2) is 0 Å². The Morgan fingerprint density at radius 1 is 1.50 bits per heavy atom. The lowest BCUT2D eigenvalue weighted by atomic mass is 9.95. The van der Waals surface area contributed by atoms with Crippen LogP contribution in [0.3, 0.4) is 0 Å². The number of nitrogens with two attached hydrogens (primary N) is 1. The van der Waals surface area contributed by atoms with E-state index in [0.29, 0.717) is 0 Å². The molecule has 106 valence electrons. The zero-order chi connectivity index (χ0) is 14.1. The predicted molar refractivity (Wildman–Crippen MR) is 75.8 cm³/mol. The zero-order valence-electron chi connectivity index (χ0n) is 11.7. The number of aryl methyl sites for hydroxylation is 1. The second kappa shape index (κ2) is 5.17. The highest BCUT2D eigenvalue weighted by molar-refractivity contribution is 5.44. The molecule has 2 N–H and O–H groups in total. The van der Waals surface area contributed by atoms with Crippen molar-refractivity contribution in [3.63, 3.8) is 0 Å². The van der Waals surface area contributed by atoms with Gasteiger partial charge in [-0.05, 0) is 13.0 Å². The number of hydrogen-bond donors (Lipinski definition) is 1. The molecular weight excluding hydrogens is 254 g/mol. The molecule has 0 fully saturated rings.